The van der Waals surface area contributed by atoms with Crippen LogP contribution in [-0.4, -0.2) is 103 Å². The molecule has 0 spiro atoms. The van der Waals surface area contributed by atoms with Crippen LogP contribution >= 0.6 is 0 Å². The Labute approximate surface area is 328 Å². The van der Waals surface area contributed by atoms with Gasteiger partial charge in [-0.3, -0.25) is 28.8 Å². The first kappa shape index (κ1) is 41.6. The van der Waals surface area contributed by atoms with Crippen LogP contribution in [0.5, 0.6) is 0 Å². The summed E-state index contributed by atoms with van der Waals surface area (Å²) >= 11 is 0. The highest BCUT2D eigenvalue weighted by molar-refractivity contribution is 5.97. The smallest absolute Gasteiger partial charge is 0.300 e. The normalized spacial score (nSPS) is 17.7. The third-order valence-corrected chi connectivity index (χ3v) is 9.43. The number of amides is 5. The first-order valence-corrected chi connectivity index (χ1v) is 18.9. The minimum atomic E-state index is -0.965. The maximum absolute atomic E-state index is 13.7. The predicted octanol–water partition coefficient (Wildman–Crippen LogP) is 2.55. The van der Waals surface area contributed by atoms with Crippen LogP contribution in [0.1, 0.15) is 66.3 Å². The van der Waals surface area contributed by atoms with Gasteiger partial charge in [0.15, 0.2) is 0 Å². The summed E-state index contributed by atoms with van der Waals surface area (Å²) in [6.07, 6.45) is 3.11. The fourth-order valence-electron chi connectivity index (χ4n) is 6.63. The number of fused-ring (bicyclic) bond motifs is 2. The minimum absolute atomic E-state index is 0.115. The molecule has 0 fully saturated rings. The topological polar surface area (TPSA) is 234 Å². The van der Waals surface area contributed by atoms with E-state index in [-0.39, 0.29) is 56.6 Å². The van der Waals surface area contributed by atoms with E-state index in [0.29, 0.717) is 42.9 Å². The second-order valence-electron chi connectivity index (χ2n) is 13.9. The lowest BCUT2D eigenvalue weighted by atomic mass is 10.0. The molecule has 0 saturated heterocycles. The van der Waals surface area contributed by atoms with Crippen LogP contribution in [0.2, 0.25) is 0 Å². The van der Waals surface area contributed by atoms with Gasteiger partial charge in [-0.2, -0.15) is 0 Å². The second kappa shape index (κ2) is 19.4. The van der Waals surface area contributed by atoms with Crippen LogP contribution in [0.3, 0.4) is 0 Å². The van der Waals surface area contributed by atoms with E-state index < -0.39 is 29.9 Å². The molecule has 6 N–H and O–H groups in total. The number of aromatic amines is 1. The summed E-state index contributed by atoms with van der Waals surface area (Å²) in [4.78, 5) is 85.7. The molecule has 0 aliphatic carbocycles. The summed E-state index contributed by atoms with van der Waals surface area (Å²) in [6, 6.07) is 12.8. The van der Waals surface area contributed by atoms with Crippen molar-refractivity contribution < 1.29 is 38.4 Å². The summed E-state index contributed by atoms with van der Waals surface area (Å²) < 4.78 is 7.26. The van der Waals surface area contributed by atoms with Crippen LogP contribution in [0.25, 0.3) is 21.9 Å². The number of H-pyrrole nitrogens is 1. The molecule has 17 nitrogen and oxygen atoms in total. The van der Waals surface area contributed by atoms with E-state index in [1.54, 1.807) is 38.1 Å². The zero-order valence-electron chi connectivity index (χ0n) is 32.5. The number of nitrogens with zero attached hydrogens (tertiary/aromatic N) is 4. The number of nitrogens with one attached hydrogen (secondary N) is 5. The summed E-state index contributed by atoms with van der Waals surface area (Å²) in [5.74, 6) is -1.78. The van der Waals surface area contributed by atoms with Crippen molar-refractivity contribution in [1.82, 2.24) is 45.9 Å². The Hall–Kier alpha value is -6.52. The highest BCUT2D eigenvalue weighted by atomic mass is 16.5. The largest absolute Gasteiger partial charge is 0.481 e. The first-order chi connectivity index (χ1) is 27.3. The molecular weight excluding hydrogens is 734 g/mol. The molecule has 1 aliphatic rings. The standard InChI is InChI=1S/C38H45N9O6.C2H4O2/c1-4-29-38(52)44-32(18-26-21-41-30-10-6-5-9-28(26)30)37(51)40-14-8-16-47-24(3)42-31-12-11-25(19-33(31)47)36(50)39-13-7-15-46(22-34(48)43-29)35(49)20-27-17-23(2)45-53-27;1-2(3)4/h5-6,9-12,17,19,21,29,32,41H,4,7-8,13-16,18,20,22H2,1-3H3,(H,39,50)(H,40,51)(H,43,48)(H,44,52);1H3,(H,3,4)/t29?,32-;/m1./s1. The van der Waals surface area contributed by atoms with Gasteiger partial charge in [-0.05, 0) is 62.9 Å². The zero-order valence-corrected chi connectivity index (χ0v) is 32.5. The van der Waals surface area contributed by atoms with E-state index in [2.05, 4.69) is 36.4 Å². The van der Waals surface area contributed by atoms with Crippen LogP contribution in [0.15, 0.2) is 59.3 Å². The highest BCUT2D eigenvalue weighted by Gasteiger charge is 2.28. The fraction of sp³-hybridized carbons (Fsp3) is 0.400. The number of imidazole rings is 1. The van der Waals surface area contributed by atoms with Gasteiger partial charge in [0.1, 0.15) is 23.7 Å². The van der Waals surface area contributed by atoms with Gasteiger partial charge in [0.05, 0.1) is 29.7 Å². The molecule has 3 aromatic heterocycles. The molecule has 0 radical (unpaired) electrons. The monoisotopic (exact) mass is 783 g/mol. The minimum Gasteiger partial charge on any atom is -0.481 e. The lowest BCUT2D eigenvalue weighted by molar-refractivity contribution is -0.137. The number of rotatable bonds is 5. The molecule has 17 heteroatoms. The van der Waals surface area contributed by atoms with Gasteiger partial charge < -0.3 is 45.3 Å². The van der Waals surface area contributed by atoms with Crippen molar-refractivity contribution >= 4 is 57.4 Å². The fourth-order valence-corrected chi connectivity index (χ4v) is 6.63. The Morgan fingerprint density at radius 3 is 2.40 bits per heavy atom. The number of hydrogen-bond acceptors (Lipinski definition) is 9. The van der Waals surface area contributed by atoms with Gasteiger partial charge >= 0.3 is 0 Å². The Morgan fingerprint density at radius 2 is 1.67 bits per heavy atom. The van der Waals surface area contributed by atoms with E-state index in [1.165, 1.54) is 4.90 Å². The molecule has 1 unspecified atom stereocenters. The molecule has 2 atom stereocenters. The van der Waals surface area contributed by atoms with E-state index >= 15 is 0 Å². The van der Waals surface area contributed by atoms with Gasteiger partial charge in [0, 0.05) is 68.3 Å². The Morgan fingerprint density at radius 1 is 0.930 bits per heavy atom. The molecule has 4 heterocycles. The summed E-state index contributed by atoms with van der Waals surface area (Å²) in [5, 5.41) is 23.7. The Bertz CT molecular complexity index is 2240. The van der Waals surface area contributed by atoms with Gasteiger partial charge in [-0.15, -0.1) is 0 Å². The second-order valence-corrected chi connectivity index (χ2v) is 13.9. The SMILES string of the molecule is CC(=O)O.CCC1NC(=O)CN(C(=O)Cc2cc(C)no2)CCCNC(=O)c2ccc3nc(C)n(c3c2)CCCNC(=O)[C@@H](Cc2c[nH]c3ccccc23)NC1=O. The number of hydrogen-bond donors (Lipinski definition) is 6. The maximum atomic E-state index is 13.7. The quantitative estimate of drug-likeness (QED) is 0.152. The molecule has 1 aliphatic heterocycles. The number of carbonyl (C=O) groups is 6. The molecular formula is C40H49N9O8. The number of carboxylic acids is 1. The van der Waals surface area contributed by atoms with E-state index in [9.17, 15) is 24.0 Å². The summed E-state index contributed by atoms with van der Waals surface area (Å²) in [6.45, 7) is 7.41. The molecule has 2 aromatic carbocycles. The van der Waals surface area contributed by atoms with Crippen LogP contribution in [-0.2, 0) is 43.4 Å². The van der Waals surface area contributed by atoms with Crippen LogP contribution in [0, 0.1) is 13.8 Å². The molecule has 0 saturated carbocycles. The lowest BCUT2D eigenvalue weighted by Gasteiger charge is -2.25. The first-order valence-electron chi connectivity index (χ1n) is 18.9. The average Bonchev–Trinajstić information content (AvgIpc) is 3.87. The Kier molecular flexibility index (Phi) is 14.2. The number of aryl methyl sites for hydroxylation is 3. The Balaban J connectivity index is 0.00000148. The van der Waals surface area contributed by atoms with Crippen molar-refractivity contribution in [3.63, 3.8) is 0 Å². The molecule has 57 heavy (non-hydrogen) atoms. The van der Waals surface area contributed by atoms with Crippen molar-refractivity contribution in [2.75, 3.05) is 26.2 Å². The molecule has 5 amide bonds. The number of carboxylic acid groups (broad SMARTS) is 1. The van der Waals surface area contributed by atoms with Crippen LogP contribution in [0.4, 0.5) is 0 Å². The van der Waals surface area contributed by atoms with Crippen molar-refractivity contribution in [2.45, 2.75) is 78.4 Å². The van der Waals surface area contributed by atoms with Gasteiger partial charge in [0.25, 0.3) is 11.9 Å². The molecule has 6 rings (SSSR count). The highest BCUT2D eigenvalue weighted by Crippen LogP contribution is 2.21. The van der Waals surface area contributed by atoms with Gasteiger partial charge in [-0.25, -0.2) is 4.98 Å². The van der Waals surface area contributed by atoms with Crippen molar-refractivity contribution in [3.05, 3.63) is 83.1 Å². The van der Waals surface area contributed by atoms with Gasteiger partial charge in [-0.1, -0.05) is 30.3 Å². The third kappa shape index (κ3) is 11.3. The number of aliphatic carboxylic acids is 1. The van der Waals surface area contributed by atoms with E-state index in [1.807, 2.05) is 42.0 Å². The van der Waals surface area contributed by atoms with Crippen LogP contribution < -0.4 is 21.3 Å². The number of carbonyl (C=O) groups excluding carboxylic acids is 5. The van der Waals surface area contributed by atoms with E-state index in [0.717, 1.165) is 40.2 Å². The number of para-hydroxylation sites is 1. The molecule has 2 bridgehead atoms. The summed E-state index contributed by atoms with van der Waals surface area (Å²) in [7, 11) is 0. The average molecular weight is 784 g/mol. The van der Waals surface area contributed by atoms with Crippen molar-refractivity contribution in [3.8, 4) is 0 Å². The number of benzene rings is 2. The predicted molar refractivity (Wildman–Crippen MR) is 210 cm³/mol. The molecule has 302 valence electrons. The lowest BCUT2D eigenvalue weighted by Crippen LogP contribution is -2.55. The molecule has 5 aromatic rings. The third-order valence-electron chi connectivity index (χ3n) is 9.43. The van der Waals surface area contributed by atoms with E-state index in [4.69, 9.17) is 14.4 Å². The van der Waals surface area contributed by atoms with Crippen molar-refractivity contribution in [2.24, 2.45) is 0 Å². The summed E-state index contributed by atoms with van der Waals surface area (Å²) in [5.41, 5.74) is 4.39. The maximum Gasteiger partial charge on any atom is 0.300 e. The van der Waals surface area contributed by atoms with Crippen molar-refractivity contribution in [1.29, 1.82) is 0 Å². The van der Waals surface area contributed by atoms with Gasteiger partial charge in [0.2, 0.25) is 23.6 Å². The zero-order chi connectivity index (χ0) is 41.1. The number of aromatic nitrogens is 4.